The Hall–Kier alpha value is -0.720. The maximum atomic E-state index is 11.4. The molecule has 0 saturated heterocycles. The van der Waals surface area contributed by atoms with Crippen molar-refractivity contribution in [2.24, 2.45) is 11.8 Å². The molecule has 0 saturated carbocycles. The summed E-state index contributed by atoms with van der Waals surface area (Å²) in [6.07, 6.45) is 0. The van der Waals surface area contributed by atoms with E-state index in [-0.39, 0.29) is 17.1 Å². The molecule has 4 nitrogen and oxygen atoms in total. The van der Waals surface area contributed by atoms with E-state index in [4.69, 9.17) is 11.6 Å². The fourth-order valence-electron chi connectivity index (χ4n) is 1.26. The van der Waals surface area contributed by atoms with E-state index in [0.717, 1.165) is 9.37 Å². The van der Waals surface area contributed by atoms with E-state index in [0.29, 0.717) is 5.69 Å². The van der Waals surface area contributed by atoms with Crippen LogP contribution in [0.25, 0.3) is 0 Å². The molecule has 1 rings (SSSR count). The van der Waals surface area contributed by atoms with Crippen LogP contribution >= 0.6 is 27.7 Å². The lowest BCUT2D eigenvalue weighted by Crippen LogP contribution is -2.38. The Morgan fingerprint density at radius 3 is 2.71 bits per heavy atom. The number of nitrogens with one attached hydrogen (secondary N) is 1. The van der Waals surface area contributed by atoms with Gasteiger partial charge in [-0.15, -0.1) is 11.8 Å². The quantitative estimate of drug-likeness (QED) is 0.261. The van der Waals surface area contributed by atoms with Crippen molar-refractivity contribution in [1.82, 2.24) is 5.43 Å². The zero-order chi connectivity index (χ0) is 13.0. The number of hydrogen-bond acceptors (Lipinski definition) is 4. The van der Waals surface area contributed by atoms with Crippen molar-refractivity contribution in [1.29, 1.82) is 0 Å². The highest BCUT2D eigenvalue weighted by Gasteiger charge is 2.21. The lowest BCUT2D eigenvalue weighted by atomic mass is 10.1. The first-order valence-electron chi connectivity index (χ1n) is 5.18. The van der Waals surface area contributed by atoms with E-state index in [1.165, 1.54) is 0 Å². The topological polar surface area (TPSA) is 81.1 Å². The van der Waals surface area contributed by atoms with Crippen LogP contribution in [-0.4, -0.2) is 11.2 Å². The van der Waals surface area contributed by atoms with Gasteiger partial charge >= 0.3 is 0 Å². The smallest absolute Gasteiger partial charge is 0.237 e. The summed E-state index contributed by atoms with van der Waals surface area (Å²) in [6, 6.07) is 5.68. The number of hydrazine groups is 1. The van der Waals surface area contributed by atoms with Gasteiger partial charge in [-0.2, -0.15) is 0 Å². The number of amides is 1. The number of nitrogens with two attached hydrogens (primary N) is 2. The maximum Gasteiger partial charge on any atom is 0.237 e. The normalized spacial score (nSPS) is 14.1. The van der Waals surface area contributed by atoms with Crippen molar-refractivity contribution >= 4 is 39.3 Å². The van der Waals surface area contributed by atoms with Crippen molar-refractivity contribution in [2.45, 2.75) is 24.0 Å². The third-order valence-electron chi connectivity index (χ3n) is 2.55. The average molecular weight is 318 g/mol. The van der Waals surface area contributed by atoms with E-state index in [1.54, 1.807) is 11.8 Å². The second kappa shape index (κ2) is 6.28. The second-order valence-electron chi connectivity index (χ2n) is 3.80. The van der Waals surface area contributed by atoms with Crippen molar-refractivity contribution in [3.05, 3.63) is 22.7 Å². The number of hydrogen-bond donors (Lipinski definition) is 3. The van der Waals surface area contributed by atoms with Crippen LogP contribution in [0.1, 0.15) is 13.8 Å². The largest absolute Gasteiger partial charge is 0.398 e. The van der Waals surface area contributed by atoms with Crippen LogP contribution in [0, 0.1) is 5.92 Å². The first kappa shape index (κ1) is 14.3. The molecule has 1 aromatic rings. The number of carbonyl (C=O) groups excluding carboxylic acids is 1. The molecule has 2 unspecified atom stereocenters. The molecule has 1 amide bonds. The monoisotopic (exact) mass is 317 g/mol. The van der Waals surface area contributed by atoms with Gasteiger partial charge in [-0.25, -0.2) is 5.84 Å². The minimum absolute atomic E-state index is 0.0927. The molecule has 0 aliphatic heterocycles. The molecule has 0 aliphatic carbocycles. The fourth-order valence-corrected chi connectivity index (χ4v) is 2.90. The summed E-state index contributed by atoms with van der Waals surface area (Å²) in [5.41, 5.74) is 8.76. The number of halogens is 1. The van der Waals surface area contributed by atoms with E-state index in [2.05, 4.69) is 21.4 Å². The molecule has 6 heteroatoms. The fraction of sp³-hybridized carbons (Fsp3) is 0.364. The molecule has 0 spiro atoms. The number of benzene rings is 1. The predicted octanol–water partition coefficient (Wildman–Crippen LogP) is 2.14. The summed E-state index contributed by atoms with van der Waals surface area (Å²) in [5.74, 6) is 4.77. The summed E-state index contributed by atoms with van der Waals surface area (Å²) in [6.45, 7) is 3.82. The first-order chi connectivity index (χ1) is 7.95. The summed E-state index contributed by atoms with van der Waals surface area (Å²) in [4.78, 5) is 12.4. The molecule has 94 valence electrons. The van der Waals surface area contributed by atoms with Crippen LogP contribution in [0.2, 0.25) is 0 Å². The zero-order valence-corrected chi connectivity index (χ0v) is 12.1. The number of rotatable bonds is 4. The van der Waals surface area contributed by atoms with E-state index < -0.39 is 0 Å². The first-order valence-corrected chi connectivity index (χ1v) is 6.85. The highest BCUT2D eigenvalue weighted by Crippen LogP contribution is 2.33. The van der Waals surface area contributed by atoms with Crippen LogP contribution in [-0.2, 0) is 4.79 Å². The summed E-state index contributed by atoms with van der Waals surface area (Å²) in [7, 11) is 0. The molecule has 0 aromatic heterocycles. The van der Waals surface area contributed by atoms with Crippen LogP contribution in [0.5, 0.6) is 0 Å². The van der Waals surface area contributed by atoms with Gasteiger partial charge in [0.25, 0.3) is 0 Å². The van der Waals surface area contributed by atoms with Gasteiger partial charge in [0.2, 0.25) is 5.91 Å². The molecule has 0 bridgehead atoms. The molecular formula is C11H16BrN3OS. The Bertz CT molecular complexity index is 414. The summed E-state index contributed by atoms with van der Waals surface area (Å²) >= 11 is 4.96. The Morgan fingerprint density at radius 1 is 1.47 bits per heavy atom. The van der Waals surface area contributed by atoms with Gasteiger partial charge in [0, 0.05) is 26.2 Å². The van der Waals surface area contributed by atoms with Crippen molar-refractivity contribution in [3.8, 4) is 0 Å². The third kappa shape index (κ3) is 3.90. The summed E-state index contributed by atoms with van der Waals surface area (Å²) < 4.78 is 0.970. The van der Waals surface area contributed by atoms with Gasteiger partial charge in [-0.3, -0.25) is 10.2 Å². The average Bonchev–Trinajstić information content (AvgIpc) is 2.31. The highest BCUT2D eigenvalue weighted by molar-refractivity contribution is 9.10. The van der Waals surface area contributed by atoms with Gasteiger partial charge in [0.05, 0.1) is 0 Å². The number of anilines is 1. The number of nitrogen functional groups attached to an aromatic ring is 1. The van der Waals surface area contributed by atoms with Crippen molar-refractivity contribution in [3.63, 3.8) is 0 Å². The second-order valence-corrected chi connectivity index (χ2v) is 6.14. The van der Waals surface area contributed by atoms with Crippen molar-refractivity contribution in [2.75, 3.05) is 5.73 Å². The van der Waals surface area contributed by atoms with E-state index >= 15 is 0 Å². The van der Waals surface area contributed by atoms with Crippen molar-refractivity contribution < 1.29 is 4.79 Å². The minimum Gasteiger partial charge on any atom is -0.398 e. The Balaban J connectivity index is 2.77. The van der Waals surface area contributed by atoms with E-state index in [9.17, 15) is 4.79 Å². The highest BCUT2D eigenvalue weighted by atomic mass is 79.9. The molecule has 17 heavy (non-hydrogen) atoms. The lowest BCUT2D eigenvalue weighted by molar-refractivity contribution is -0.124. The van der Waals surface area contributed by atoms with Gasteiger partial charge in [0.1, 0.15) is 0 Å². The van der Waals surface area contributed by atoms with Gasteiger partial charge in [-0.1, -0.05) is 29.8 Å². The Labute approximate surface area is 114 Å². The Morgan fingerprint density at radius 2 is 2.12 bits per heavy atom. The van der Waals surface area contributed by atoms with Gasteiger partial charge in [0.15, 0.2) is 0 Å². The molecule has 1 aromatic carbocycles. The Kier molecular flexibility index (Phi) is 5.30. The standard InChI is InChI=1S/C11H16BrN3OS/c1-6(11(16)15-14)7(2)17-10-5-8(12)3-4-9(10)13/h3-7H,13-14H2,1-2H3,(H,15,16). The molecule has 2 atom stereocenters. The zero-order valence-electron chi connectivity index (χ0n) is 9.74. The van der Waals surface area contributed by atoms with Gasteiger partial charge in [-0.05, 0) is 18.2 Å². The third-order valence-corrected chi connectivity index (χ3v) is 4.43. The van der Waals surface area contributed by atoms with Crippen LogP contribution < -0.4 is 17.0 Å². The summed E-state index contributed by atoms with van der Waals surface area (Å²) in [5, 5.41) is 0.0927. The predicted molar refractivity (Wildman–Crippen MR) is 75.4 cm³/mol. The molecule has 0 radical (unpaired) electrons. The minimum atomic E-state index is -0.177. The van der Waals surface area contributed by atoms with E-state index in [1.807, 2.05) is 32.0 Å². The molecule has 0 heterocycles. The number of thioether (sulfide) groups is 1. The molecule has 5 N–H and O–H groups in total. The molecule has 0 fully saturated rings. The molecule has 0 aliphatic rings. The van der Waals surface area contributed by atoms with Gasteiger partial charge < -0.3 is 5.73 Å². The maximum absolute atomic E-state index is 11.4. The SMILES string of the molecule is CC(Sc1cc(Br)ccc1N)C(C)C(=O)NN. The lowest BCUT2D eigenvalue weighted by Gasteiger charge is -2.18. The van der Waals surface area contributed by atoms with Crippen LogP contribution in [0.15, 0.2) is 27.6 Å². The van der Waals surface area contributed by atoms with Crippen LogP contribution in [0.3, 0.4) is 0 Å². The number of carbonyl (C=O) groups is 1. The van der Waals surface area contributed by atoms with Crippen LogP contribution in [0.4, 0.5) is 5.69 Å². The molecular weight excluding hydrogens is 302 g/mol.